The fourth-order valence-corrected chi connectivity index (χ4v) is 4.94. The molecule has 1 saturated carbocycles. The summed E-state index contributed by atoms with van der Waals surface area (Å²) in [7, 11) is -3.83. The number of carbonyl (C=O) groups excluding carboxylic acids is 2. The SMILES string of the molecule is O=C(CCC1CCCC1)OCCN1C(=O)c2ccccc2S1(=O)=O. The quantitative estimate of drug-likeness (QED) is 0.735. The first-order valence-electron chi connectivity index (χ1n) is 8.32. The first-order valence-corrected chi connectivity index (χ1v) is 9.76. The average molecular weight is 351 g/mol. The second kappa shape index (κ2) is 6.93. The minimum atomic E-state index is -3.83. The van der Waals surface area contributed by atoms with Gasteiger partial charge in [-0.1, -0.05) is 37.8 Å². The number of nitrogens with zero attached hydrogens (tertiary/aromatic N) is 1. The molecule has 7 heteroatoms. The molecule has 1 amide bonds. The third-order valence-electron chi connectivity index (χ3n) is 4.70. The van der Waals surface area contributed by atoms with E-state index in [9.17, 15) is 18.0 Å². The lowest BCUT2D eigenvalue weighted by Gasteiger charge is -2.15. The van der Waals surface area contributed by atoms with Crippen molar-refractivity contribution in [2.24, 2.45) is 5.92 Å². The van der Waals surface area contributed by atoms with Crippen LogP contribution in [0.5, 0.6) is 0 Å². The molecule has 1 aromatic carbocycles. The van der Waals surface area contributed by atoms with Crippen molar-refractivity contribution in [1.82, 2.24) is 4.31 Å². The van der Waals surface area contributed by atoms with Gasteiger partial charge in [-0.3, -0.25) is 9.59 Å². The number of amides is 1. The summed E-state index contributed by atoms with van der Waals surface area (Å²) >= 11 is 0. The predicted molar refractivity (Wildman–Crippen MR) is 86.8 cm³/mol. The normalized spacial score (nSPS) is 19.5. The van der Waals surface area contributed by atoms with Crippen molar-refractivity contribution in [3.8, 4) is 0 Å². The maximum absolute atomic E-state index is 12.3. The van der Waals surface area contributed by atoms with Crippen LogP contribution < -0.4 is 0 Å². The maximum Gasteiger partial charge on any atom is 0.305 e. The lowest BCUT2D eigenvalue weighted by atomic mass is 10.0. The van der Waals surface area contributed by atoms with Crippen LogP contribution in [0, 0.1) is 5.92 Å². The number of ether oxygens (including phenoxy) is 1. The third kappa shape index (κ3) is 3.31. The summed E-state index contributed by atoms with van der Waals surface area (Å²) in [6, 6.07) is 6.11. The molecule has 0 unspecified atom stereocenters. The van der Waals surface area contributed by atoms with Gasteiger partial charge in [0.2, 0.25) is 0 Å². The number of sulfonamides is 1. The van der Waals surface area contributed by atoms with Gasteiger partial charge in [-0.2, -0.15) is 0 Å². The van der Waals surface area contributed by atoms with Crippen molar-refractivity contribution < 1.29 is 22.7 Å². The molecule has 0 saturated heterocycles. The van der Waals surface area contributed by atoms with Crippen molar-refractivity contribution in [2.75, 3.05) is 13.2 Å². The summed E-state index contributed by atoms with van der Waals surface area (Å²) in [5, 5.41) is 0. The Kier molecular flexibility index (Phi) is 4.89. The van der Waals surface area contributed by atoms with E-state index < -0.39 is 15.9 Å². The van der Waals surface area contributed by atoms with Crippen LogP contribution >= 0.6 is 0 Å². The Morgan fingerprint density at radius 2 is 1.92 bits per heavy atom. The summed E-state index contributed by atoms with van der Waals surface area (Å²) in [5.41, 5.74) is 0.171. The molecule has 0 N–H and O–H groups in total. The van der Waals surface area contributed by atoms with E-state index in [1.165, 1.54) is 37.8 Å². The van der Waals surface area contributed by atoms with Crippen LogP contribution in [-0.4, -0.2) is 37.8 Å². The molecule has 3 rings (SSSR count). The van der Waals surface area contributed by atoms with Gasteiger partial charge in [-0.15, -0.1) is 0 Å². The minimum absolute atomic E-state index is 0.0163. The van der Waals surface area contributed by atoms with Crippen LogP contribution in [0.2, 0.25) is 0 Å². The number of fused-ring (bicyclic) bond motifs is 1. The Morgan fingerprint density at radius 3 is 2.62 bits per heavy atom. The van der Waals surface area contributed by atoms with E-state index in [-0.39, 0.29) is 29.6 Å². The van der Waals surface area contributed by atoms with Crippen molar-refractivity contribution in [3.63, 3.8) is 0 Å². The van der Waals surface area contributed by atoms with Crippen LogP contribution in [0.3, 0.4) is 0 Å². The number of carbonyl (C=O) groups is 2. The standard InChI is InChI=1S/C17H21NO5S/c19-16(10-9-13-5-1-2-6-13)23-12-11-18-17(20)14-7-3-4-8-15(14)24(18,21)22/h3-4,7-8,13H,1-2,5-6,9-12H2. The van der Waals surface area contributed by atoms with Gasteiger partial charge in [0.05, 0.1) is 12.1 Å². The number of hydrogen-bond donors (Lipinski definition) is 0. The molecular formula is C17H21NO5S. The molecule has 1 aromatic rings. The summed E-state index contributed by atoms with van der Waals surface area (Å²) in [4.78, 5) is 24.0. The molecule has 6 nitrogen and oxygen atoms in total. The Labute approximate surface area is 141 Å². The fraction of sp³-hybridized carbons (Fsp3) is 0.529. The topological polar surface area (TPSA) is 80.8 Å². The third-order valence-corrected chi connectivity index (χ3v) is 6.54. The Morgan fingerprint density at radius 1 is 1.21 bits per heavy atom. The van der Waals surface area contributed by atoms with Gasteiger partial charge in [0, 0.05) is 6.42 Å². The molecule has 0 bridgehead atoms. The Bertz CT molecular complexity index is 737. The number of esters is 1. The van der Waals surface area contributed by atoms with E-state index in [0.717, 1.165) is 10.7 Å². The molecule has 0 spiro atoms. The van der Waals surface area contributed by atoms with Crippen LogP contribution in [-0.2, 0) is 19.6 Å². The van der Waals surface area contributed by atoms with E-state index in [0.29, 0.717) is 12.3 Å². The first kappa shape index (κ1) is 17.0. The molecule has 1 aliphatic heterocycles. The molecule has 130 valence electrons. The highest BCUT2D eigenvalue weighted by molar-refractivity contribution is 7.90. The van der Waals surface area contributed by atoms with Gasteiger partial charge >= 0.3 is 5.97 Å². The van der Waals surface area contributed by atoms with E-state index in [1.54, 1.807) is 12.1 Å². The summed E-state index contributed by atoms with van der Waals surface area (Å²) in [6.45, 7) is -0.256. The largest absolute Gasteiger partial charge is 0.464 e. The summed E-state index contributed by atoms with van der Waals surface area (Å²) in [6.07, 6.45) is 5.99. The number of rotatable bonds is 6. The molecule has 24 heavy (non-hydrogen) atoms. The molecule has 1 aliphatic carbocycles. The van der Waals surface area contributed by atoms with Crippen molar-refractivity contribution in [2.45, 2.75) is 43.4 Å². The fourth-order valence-electron chi connectivity index (χ4n) is 3.39. The molecule has 0 aromatic heterocycles. The zero-order valence-electron chi connectivity index (χ0n) is 13.4. The highest BCUT2D eigenvalue weighted by Gasteiger charge is 2.40. The Hall–Kier alpha value is -1.89. The molecule has 0 atom stereocenters. The lowest BCUT2D eigenvalue weighted by molar-refractivity contribution is -0.144. The second-order valence-electron chi connectivity index (χ2n) is 6.29. The zero-order valence-corrected chi connectivity index (χ0v) is 14.3. The molecule has 1 heterocycles. The summed E-state index contributed by atoms with van der Waals surface area (Å²) < 4.78 is 30.6. The molecule has 0 radical (unpaired) electrons. The van der Waals surface area contributed by atoms with Crippen molar-refractivity contribution in [3.05, 3.63) is 29.8 Å². The van der Waals surface area contributed by atoms with Crippen molar-refractivity contribution in [1.29, 1.82) is 0 Å². The van der Waals surface area contributed by atoms with Gasteiger partial charge in [-0.05, 0) is 24.5 Å². The highest BCUT2D eigenvalue weighted by Crippen LogP contribution is 2.30. The average Bonchev–Trinajstić information content (AvgIpc) is 3.15. The van der Waals surface area contributed by atoms with Gasteiger partial charge < -0.3 is 4.74 Å². The summed E-state index contributed by atoms with van der Waals surface area (Å²) in [5.74, 6) is -0.288. The molecular weight excluding hydrogens is 330 g/mol. The van der Waals surface area contributed by atoms with E-state index >= 15 is 0 Å². The van der Waals surface area contributed by atoms with Gasteiger partial charge in [-0.25, -0.2) is 12.7 Å². The van der Waals surface area contributed by atoms with Crippen LogP contribution in [0.1, 0.15) is 48.9 Å². The van der Waals surface area contributed by atoms with Crippen molar-refractivity contribution >= 4 is 21.9 Å². The monoisotopic (exact) mass is 351 g/mol. The van der Waals surface area contributed by atoms with E-state index in [2.05, 4.69) is 0 Å². The number of hydrogen-bond acceptors (Lipinski definition) is 5. The van der Waals surface area contributed by atoms with E-state index in [1.807, 2.05) is 0 Å². The van der Waals surface area contributed by atoms with E-state index in [4.69, 9.17) is 4.74 Å². The maximum atomic E-state index is 12.3. The number of benzene rings is 1. The highest BCUT2D eigenvalue weighted by atomic mass is 32.2. The zero-order chi connectivity index (χ0) is 17.2. The molecule has 2 aliphatic rings. The lowest BCUT2D eigenvalue weighted by Crippen LogP contribution is -2.33. The second-order valence-corrected chi connectivity index (χ2v) is 8.12. The van der Waals surface area contributed by atoms with Gasteiger partial charge in [0.25, 0.3) is 15.9 Å². The first-order chi connectivity index (χ1) is 11.5. The minimum Gasteiger partial charge on any atom is -0.464 e. The van der Waals surface area contributed by atoms with Crippen LogP contribution in [0.25, 0.3) is 0 Å². The smallest absolute Gasteiger partial charge is 0.305 e. The Balaban J connectivity index is 1.50. The predicted octanol–water partition coefficient (Wildman–Crippen LogP) is 2.34. The van der Waals surface area contributed by atoms with Gasteiger partial charge in [0.1, 0.15) is 11.5 Å². The molecule has 1 fully saturated rings. The van der Waals surface area contributed by atoms with Gasteiger partial charge in [0.15, 0.2) is 0 Å². The van der Waals surface area contributed by atoms with Crippen LogP contribution in [0.4, 0.5) is 0 Å². The van der Waals surface area contributed by atoms with Crippen LogP contribution in [0.15, 0.2) is 29.2 Å².